The minimum atomic E-state index is -0.274. The molecule has 29 heavy (non-hydrogen) atoms. The fourth-order valence-electron chi connectivity index (χ4n) is 4.12. The lowest BCUT2D eigenvalue weighted by Gasteiger charge is -2.39. The maximum atomic E-state index is 12.0. The van der Waals surface area contributed by atoms with E-state index in [1.807, 2.05) is 30.3 Å². The third-order valence-electron chi connectivity index (χ3n) is 6.19. The van der Waals surface area contributed by atoms with Crippen molar-refractivity contribution >= 4 is 6.09 Å². The molecule has 1 amide bonds. The molecule has 4 rings (SSSR count). The first-order chi connectivity index (χ1) is 14.2. The number of hydrogen-bond acceptors (Lipinski definition) is 5. The molecule has 0 aromatic heterocycles. The first-order valence-corrected chi connectivity index (χ1v) is 11.0. The van der Waals surface area contributed by atoms with Crippen molar-refractivity contribution < 1.29 is 23.7 Å². The summed E-state index contributed by atoms with van der Waals surface area (Å²) in [5.41, 5.74) is 0.994. The van der Waals surface area contributed by atoms with E-state index in [1.54, 1.807) is 4.90 Å². The third kappa shape index (κ3) is 5.93. The highest BCUT2D eigenvalue weighted by atomic mass is 16.6. The van der Waals surface area contributed by atoms with Crippen molar-refractivity contribution in [3.05, 3.63) is 35.9 Å². The molecule has 3 aliphatic rings. The summed E-state index contributed by atoms with van der Waals surface area (Å²) in [6.07, 6.45) is 5.36. The smallest absolute Gasteiger partial charge is 0.410 e. The van der Waals surface area contributed by atoms with Gasteiger partial charge in [0, 0.05) is 6.61 Å². The largest absolute Gasteiger partial charge is 0.445 e. The minimum absolute atomic E-state index is 0.0929. The standard InChI is InChI=1S/C23H33NO5/c1-17-9-20(10-17)28-16-19-11-21(12-19)26-7-8-27-22-13-24(14-22)23(25)29-15-18-5-3-2-4-6-18/h2-6,17,19-22H,7-16H2,1H3/t17-,19?,20+,21?. The fourth-order valence-corrected chi connectivity index (χ4v) is 4.12. The Morgan fingerprint density at radius 1 is 0.931 bits per heavy atom. The van der Waals surface area contributed by atoms with Crippen LogP contribution in [0.3, 0.4) is 0 Å². The van der Waals surface area contributed by atoms with Crippen molar-refractivity contribution in [1.29, 1.82) is 0 Å². The summed E-state index contributed by atoms with van der Waals surface area (Å²) >= 11 is 0. The van der Waals surface area contributed by atoms with Crippen LogP contribution >= 0.6 is 0 Å². The summed E-state index contributed by atoms with van der Waals surface area (Å²) in [5.74, 6) is 1.51. The Hall–Kier alpha value is -1.63. The van der Waals surface area contributed by atoms with E-state index < -0.39 is 0 Å². The van der Waals surface area contributed by atoms with E-state index in [9.17, 15) is 4.79 Å². The molecule has 0 atom stereocenters. The van der Waals surface area contributed by atoms with Crippen LogP contribution in [0.25, 0.3) is 0 Å². The van der Waals surface area contributed by atoms with Crippen LogP contribution in [-0.2, 0) is 25.6 Å². The zero-order chi connectivity index (χ0) is 20.1. The fraction of sp³-hybridized carbons (Fsp3) is 0.696. The molecule has 1 aromatic rings. The van der Waals surface area contributed by atoms with Gasteiger partial charge in [-0.2, -0.15) is 0 Å². The second-order valence-corrected chi connectivity index (χ2v) is 8.80. The highest BCUT2D eigenvalue weighted by Gasteiger charge is 2.34. The van der Waals surface area contributed by atoms with Gasteiger partial charge in [-0.25, -0.2) is 4.79 Å². The van der Waals surface area contributed by atoms with E-state index in [2.05, 4.69) is 6.92 Å². The van der Waals surface area contributed by atoms with Gasteiger partial charge < -0.3 is 23.8 Å². The van der Waals surface area contributed by atoms with Crippen LogP contribution in [0.1, 0.15) is 38.2 Å². The second kappa shape index (κ2) is 9.92. The first kappa shape index (κ1) is 20.6. The molecule has 0 bridgehead atoms. The maximum Gasteiger partial charge on any atom is 0.410 e. The van der Waals surface area contributed by atoms with Gasteiger partial charge in [0.2, 0.25) is 0 Å². The Labute approximate surface area is 173 Å². The van der Waals surface area contributed by atoms with E-state index in [-0.39, 0.29) is 12.2 Å². The number of carbonyl (C=O) groups is 1. The van der Waals surface area contributed by atoms with Gasteiger partial charge in [-0.15, -0.1) is 0 Å². The summed E-state index contributed by atoms with van der Waals surface area (Å²) < 4.78 is 22.9. The maximum absolute atomic E-state index is 12.0. The molecule has 0 radical (unpaired) electrons. The van der Waals surface area contributed by atoms with E-state index >= 15 is 0 Å². The van der Waals surface area contributed by atoms with Crippen LogP contribution in [0.15, 0.2) is 30.3 Å². The quantitative estimate of drug-likeness (QED) is 0.559. The van der Waals surface area contributed by atoms with Gasteiger partial charge in [0.25, 0.3) is 0 Å². The molecular formula is C23H33NO5. The lowest BCUT2D eigenvalue weighted by Crippen LogP contribution is -2.55. The average molecular weight is 404 g/mol. The van der Waals surface area contributed by atoms with Gasteiger partial charge in [-0.1, -0.05) is 37.3 Å². The predicted octanol–water partition coefficient (Wildman–Crippen LogP) is 3.63. The zero-order valence-corrected chi connectivity index (χ0v) is 17.3. The molecule has 1 aromatic carbocycles. The molecule has 0 unspecified atom stereocenters. The molecule has 2 saturated carbocycles. The second-order valence-electron chi connectivity index (χ2n) is 8.80. The molecule has 6 heteroatoms. The third-order valence-corrected chi connectivity index (χ3v) is 6.19. The van der Waals surface area contributed by atoms with Crippen molar-refractivity contribution in [3.63, 3.8) is 0 Å². The molecule has 1 aliphatic heterocycles. The summed E-state index contributed by atoms with van der Waals surface area (Å²) in [7, 11) is 0. The van der Waals surface area contributed by atoms with Gasteiger partial charge in [0.15, 0.2) is 0 Å². The number of rotatable bonds is 10. The van der Waals surface area contributed by atoms with Gasteiger partial charge in [-0.3, -0.25) is 0 Å². The van der Waals surface area contributed by atoms with Gasteiger partial charge in [0.1, 0.15) is 6.61 Å². The van der Waals surface area contributed by atoms with Crippen LogP contribution in [0.2, 0.25) is 0 Å². The van der Waals surface area contributed by atoms with E-state index in [0.717, 1.165) is 30.9 Å². The van der Waals surface area contributed by atoms with Crippen molar-refractivity contribution in [2.24, 2.45) is 11.8 Å². The zero-order valence-electron chi connectivity index (χ0n) is 17.3. The van der Waals surface area contributed by atoms with Crippen molar-refractivity contribution in [3.8, 4) is 0 Å². The lowest BCUT2D eigenvalue weighted by molar-refractivity contribution is -0.111. The Morgan fingerprint density at radius 2 is 1.59 bits per heavy atom. The normalized spacial score (nSPS) is 28.9. The summed E-state index contributed by atoms with van der Waals surface area (Å²) in [4.78, 5) is 13.7. The predicted molar refractivity (Wildman–Crippen MR) is 109 cm³/mol. The molecule has 1 heterocycles. The van der Waals surface area contributed by atoms with E-state index in [4.69, 9.17) is 18.9 Å². The number of carbonyl (C=O) groups excluding carboxylic acids is 1. The lowest BCUT2D eigenvalue weighted by atomic mass is 9.81. The molecule has 0 spiro atoms. The average Bonchev–Trinajstić information content (AvgIpc) is 2.64. The van der Waals surface area contributed by atoms with Crippen LogP contribution < -0.4 is 0 Å². The Bertz CT molecular complexity index is 636. The Balaban J connectivity index is 0.968. The number of benzene rings is 1. The number of likely N-dealkylation sites (tertiary alicyclic amines) is 1. The number of nitrogens with zero attached hydrogens (tertiary/aromatic N) is 1. The molecule has 0 N–H and O–H groups in total. The van der Waals surface area contributed by atoms with Gasteiger partial charge in [-0.05, 0) is 43.1 Å². The number of hydrogen-bond donors (Lipinski definition) is 0. The van der Waals surface area contributed by atoms with E-state index in [1.165, 1.54) is 12.8 Å². The summed E-state index contributed by atoms with van der Waals surface area (Å²) in [5, 5.41) is 0. The van der Waals surface area contributed by atoms with Gasteiger partial charge in [0.05, 0.1) is 44.6 Å². The Morgan fingerprint density at radius 3 is 2.28 bits per heavy atom. The molecule has 6 nitrogen and oxygen atoms in total. The summed E-state index contributed by atoms with van der Waals surface area (Å²) in [6, 6.07) is 9.71. The monoisotopic (exact) mass is 403 g/mol. The SMILES string of the molecule is C[C@H]1C[C@@H](OCC2CC(OCCOC3CN(C(=O)OCc4ccccc4)C3)C2)C1. The first-order valence-electron chi connectivity index (χ1n) is 11.0. The van der Waals surface area contributed by atoms with Crippen LogP contribution in [0, 0.1) is 11.8 Å². The Kier molecular flexibility index (Phi) is 7.06. The van der Waals surface area contributed by atoms with Crippen molar-refractivity contribution in [1.82, 2.24) is 4.90 Å². The highest BCUT2D eigenvalue weighted by molar-refractivity contribution is 5.68. The van der Waals surface area contributed by atoms with Crippen molar-refractivity contribution in [2.45, 2.75) is 57.5 Å². The van der Waals surface area contributed by atoms with Crippen LogP contribution in [0.4, 0.5) is 4.79 Å². The minimum Gasteiger partial charge on any atom is -0.445 e. The molecule has 2 aliphatic carbocycles. The topological polar surface area (TPSA) is 57.2 Å². The number of amides is 1. The molecule has 1 saturated heterocycles. The van der Waals surface area contributed by atoms with Crippen LogP contribution in [-0.4, -0.2) is 62.2 Å². The number of ether oxygens (including phenoxy) is 4. The van der Waals surface area contributed by atoms with Crippen LogP contribution in [0.5, 0.6) is 0 Å². The molecular weight excluding hydrogens is 370 g/mol. The molecule has 3 fully saturated rings. The summed E-state index contributed by atoms with van der Waals surface area (Å²) in [6.45, 7) is 5.87. The highest BCUT2D eigenvalue weighted by Crippen LogP contribution is 2.34. The van der Waals surface area contributed by atoms with E-state index in [0.29, 0.717) is 51.0 Å². The van der Waals surface area contributed by atoms with Crippen molar-refractivity contribution in [2.75, 3.05) is 32.9 Å². The molecule has 160 valence electrons. The van der Waals surface area contributed by atoms with Gasteiger partial charge >= 0.3 is 6.09 Å².